The first kappa shape index (κ1) is 21.8. The Morgan fingerprint density at radius 2 is 1.97 bits per heavy atom. The molecule has 0 amide bonds. The van der Waals surface area contributed by atoms with Crippen LogP contribution in [0.3, 0.4) is 0 Å². The van der Waals surface area contributed by atoms with E-state index in [-0.39, 0.29) is 0 Å². The first-order valence-electron chi connectivity index (χ1n) is 11.0. The first-order valence-corrected chi connectivity index (χ1v) is 11.9. The lowest BCUT2D eigenvalue weighted by atomic mass is 9.97. The average Bonchev–Trinajstić information content (AvgIpc) is 3.21. The monoisotopic (exact) mass is 413 g/mol. The lowest BCUT2D eigenvalue weighted by Gasteiger charge is -2.30. The average molecular weight is 414 g/mol. The van der Waals surface area contributed by atoms with Crippen LogP contribution in [0.5, 0.6) is 0 Å². The quantitative estimate of drug-likeness (QED) is 0.486. The summed E-state index contributed by atoms with van der Waals surface area (Å²) in [6.45, 7) is 10.3. The van der Waals surface area contributed by atoms with Gasteiger partial charge in [-0.3, -0.25) is 9.89 Å². The van der Waals surface area contributed by atoms with E-state index in [0.717, 1.165) is 58.1 Å². The number of rotatable bonds is 9. The summed E-state index contributed by atoms with van der Waals surface area (Å²) in [5, 5.41) is 10.3. The number of aromatic nitrogens is 1. The normalized spacial score (nSPS) is 16.1. The summed E-state index contributed by atoms with van der Waals surface area (Å²) in [5.41, 5.74) is 2.59. The van der Waals surface area contributed by atoms with Gasteiger partial charge in [0.15, 0.2) is 5.96 Å². The Morgan fingerprint density at radius 1 is 1.17 bits per heavy atom. The van der Waals surface area contributed by atoms with E-state index in [1.54, 1.807) is 11.3 Å². The number of aryl methyl sites for hydroxylation is 1. The summed E-state index contributed by atoms with van der Waals surface area (Å²) in [4.78, 5) is 12.1. The number of hydrogen-bond donors (Lipinski definition) is 2. The Morgan fingerprint density at radius 3 is 2.66 bits per heavy atom. The van der Waals surface area contributed by atoms with E-state index >= 15 is 0 Å². The predicted molar refractivity (Wildman–Crippen MR) is 124 cm³/mol. The molecule has 1 aliphatic heterocycles. The lowest BCUT2D eigenvalue weighted by Crippen LogP contribution is -2.39. The minimum absolute atomic E-state index is 0.678. The third kappa shape index (κ3) is 7.44. The van der Waals surface area contributed by atoms with E-state index < -0.39 is 0 Å². The van der Waals surface area contributed by atoms with Gasteiger partial charge >= 0.3 is 0 Å². The molecule has 158 valence electrons. The standard InChI is InChI=1S/C23H35N5S/c1-3-22-27-21(18-29-22)17-28-14-11-20(12-15-28)16-26-23(24-4-2)25-13-10-19-8-6-5-7-9-19/h5-9,18,20H,3-4,10-17H2,1-2H3,(H2,24,25,26). The molecule has 0 unspecified atom stereocenters. The highest BCUT2D eigenvalue weighted by Crippen LogP contribution is 2.20. The van der Waals surface area contributed by atoms with E-state index in [1.807, 2.05) is 0 Å². The maximum atomic E-state index is 4.86. The highest BCUT2D eigenvalue weighted by atomic mass is 32.1. The minimum Gasteiger partial charge on any atom is -0.357 e. The zero-order chi connectivity index (χ0) is 20.3. The van der Waals surface area contributed by atoms with Crippen molar-refractivity contribution in [3.8, 4) is 0 Å². The second-order valence-electron chi connectivity index (χ2n) is 7.69. The summed E-state index contributed by atoms with van der Waals surface area (Å²) in [6.07, 6.45) is 4.49. The summed E-state index contributed by atoms with van der Waals surface area (Å²) in [6, 6.07) is 10.6. The summed E-state index contributed by atoms with van der Waals surface area (Å²) >= 11 is 1.79. The zero-order valence-electron chi connectivity index (χ0n) is 17.9. The molecule has 1 aromatic carbocycles. The first-order chi connectivity index (χ1) is 14.3. The van der Waals surface area contributed by atoms with Crippen molar-refractivity contribution in [2.75, 3.05) is 32.7 Å². The van der Waals surface area contributed by atoms with E-state index in [0.29, 0.717) is 5.92 Å². The number of thiazole rings is 1. The summed E-state index contributed by atoms with van der Waals surface area (Å²) in [7, 11) is 0. The van der Waals surface area contributed by atoms with Gasteiger partial charge in [0.25, 0.3) is 0 Å². The van der Waals surface area contributed by atoms with Crippen molar-refractivity contribution in [3.05, 3.63) is 52.0 Å². The van der Waals surface area contributed by atoms with E-state index in [1.165, 1.54) is 29.1 Å². The number of aliphatic imine (C=N–C) groups is 1. The summed E-state index contributed by atoms with van der Waals surface area (Å²) in [5.74, 6) is 1.62. The van der Waals surface area contributed by atoms with Crippen LogP contribution in [-0.4, -0.2) is 48.6 Å². The fourth-order valence-electron chi connectivity index (χ4n) is 3.67. The molecular weight excluding hydrogens is 378 g/mol. The van der Waals surface area contributed by atoms with Crippen LogP contribution in [0.4, 0.5) is 0 Å². The van der Waals surface area contributed by atoms with Crippen LogP contribution in [0.15, 0.2) is 40.7 Å². The van der Waals surface area contributed by atoms with Crippen molar-refractivity contribution in [3.63, 3.8) is 0 Å². The van der Waals surface area contributed by atoms with Crippen LogP contribution in [0.25, 0.3) is 0 Å². The zero-order valence-corrected chi connectivity index (χ0v) is 18.7. The molecule has 1 aromatic heterocycles. The van der Waals surface area contributed by atoms with Crippen LogP contribution >= 0.6 is 11.3 Å². The molecule has 1 aliphatic rings. The Bertz CT molecular complexity index is 735. The van der Waals surface area contributed by atoms with Gasteiger partial charge in [0.1, 0.15) is 0 Å². The van der Waals surface area contributed by atoms with Crippen LogP contribution in [0.1, 0.15) is 43.0 Å². The molecule has 0 saturated carbocycles. The molecule has 2 N–H and O–H groups in total. The van der Waals surface area contributed by atoms with Gasteiger partial charge in [0.05, 0.1) is 10.7 Å². The van der Waals surface area contributed by atoms with Gasteiger partial charge in [-0.15, -0.1) is 11.3 Å². The van der Waals surface area contributed by atoms with Gasteiger partial charge in [-0.05, 0) is 57.2 Å². The number of nitrogens with zero attached hydrogens (tertiary/aromatic N) is 3. The van der Waals surface area contributed by atoms with Crippen LogP contribution in [-0.2, 0) is 19.4 Å². The number of piperidine rings is 1. The minimum atomic E-state index is 0.678. The maximum Gasteiger partial charge on any atom is 0.191 e. The SMILES string of the molecule is CCNC(=NCC1CCN(Cc2csc(CC)n2)CC1)NCCc1ccccc1. The lowest BCUT2D eigenvalue weighted by molar-refractivity contribution is 0.179. The second kappa shape index (κ2) is 11.9. The third-order valence-electron chi connectivity index (χ3n) is 5.40. The van der Waals surface area contributed by atoms with Gasteiger partial charge in [-0.1, -0.05) is 37.3 Å². The topological polar surface area (TPSA) is 52.6 Å². The summed E-state index contributed by atoms with van der Waals surface area (Å²) < 4.78 is 0. The third-order valence-corrected chi connectivity index (χ3v) is 6.44. The second-order valence-corrected chi connectivity index (χ2v) is 8.63. The molecule has 0 radical (unpaired) electrons. The molecule has 2 heterocycles. The number of hydrogen-bond acceptors (Lipinski definition) is 4. The van der Waals surface area contributed by atoms with Gasteiger partial charge in [0, 0.05) is 31.6 Å². The molecule has 1 saturated heterocycles. The number of guanidine groups is 1. The van der Waals surface area contributed by atoms with Crippen LogP contribution in [0, 0.1) is 5.92 Å². The fraction of sp³-hybridized carbons (Fsp3) is 0.565. The molecular formula is C23H35N5S. The van der Waals surface area contributed by atoms with E-state index in [4.69, 9.17) is 9.98 Å². The molecule has 5 nitrogen and oxygen atoms in total. The number of likely N-dealkylation sites (tertiary alicyclic amines) is 1. The Kier molecular flexibility index (Phi) is 8.96. The van der Waals surface area contributed by atoms with Crippen molar-refractivity contribution in [1.29, 1.82) is 0 Å². The van der Waals surface area contributed by atoms with Gasteiger partial charge in [-0.2, -0.15) is 0 Å². The molecule has 2 aromatic rings. The van der Waals surface area contributed by atoms with Gasteiger partial charge < -0.3 is 10.6 Å². The molecule has 0 bridgehead atoms. The van der Waals surface area contributed by atoms with Crippen molar-refractivity contribution >= 4 is 17.3 Å². The van der Waals surface area contributed by atoms with Gasteiger partial charge in [0.2, 0.25) is 0 Å². The van der Waals surface area contributed by atoms with E-state index in [2.05, 4.69) is 65.1 Å². The smallest absolute Gasteiger partial charge is 0.191 e. The highest BCUT2D eigenvalue weighted by Gasteiger charge is 2.19. The van der Waals surface area contributed by atoms with Crippen molar-refractivity contribution in [2.45, 2.75) is 46.1 Å². The predicted octanol–water partition coefficient (Wildman–Crippen LogP) is 3.72. The molecule has 6 heteroatoms. The Labute approximate surface area is 179 Å². The van der Waals surface area contributed by atoms with Crippen LogP contribution in [0.2, 0.25) is 0 Å². The van der Waals surface area contributed by atoms with Crippen molar-refractivity contribution < 1.29 is 0 Å². The van der Waals surface area contributed by atoms with E-state index in [9.17, 15) is 0 Å². The van der Waals surface area contributed by atoms with Crippen molar-refractivity contribution in [2.24, 2.45) is 10.9 Å². The highest BCUT2D eigenvalue weighted by molar-refractivity contribution is 7.09. The molecule has 3 rings (SSSR count). The Balaban J connectivity index is 1.39. The number of nitrogens with one attached hydrogen (secondary N) is 2. The van der Waals surface area contributed by atoms with Crippen molar-refractivity contribution in [1.82, 2.24) is 20.5 Å². The maximum absolute atomic E-state index is 4.86. The Hall–Kier alpha value is -1.92. The molecule has 0 aliphatic carbocycles. The fourth-order valence-corrected chi connectivity index (χ4v) is 4.41. The van der Waals surface area contributed by atoms with Gasteiger partial charge in [-0.25, -0.2) is 4.98 Å². The molecule has 29 heavy (non-hydrogen) atoms. The largest absolute Gasteiger partial charge is 0.357 e. The number of benzene rings is 1. The van der Waals surface area contributed by atoms with Crippen LogP contribution < -0.4 is 10.6 Å². The molecule has 1 fully saturated rings. The molecule has 0 spiro atoms. The molecule has 0 atom stereocenters.